The second-order valence-electron chi connectivity index (χ2n) is 5.78. The van der Waals surface area contributed by atoms with Crippen molar-refractivity contribution in [3.63, 3.8) is 0 Å². The molecule has 1 aliphatic heterocycles. The van der Waals surface area contributed by atoms with Crippen LogP contribution in [0.4, 0.5) is 11.4 Å². The second-order valence-corrected chi connectivity index (χ2v) is 9.85. The average Bonchev–Trinajstić information content (AvgIpc) is 2.89. The predicted octanol–water partition coefficient (Wildman–Crippen LogP) is 2.99. The van der Waals surface area contributed by atoms with Gasteiger partial charge in [0.15, 0.2) is 0 Å². The van der Waals surface area contributed by atoms with Gasteiger partial charge in [0.25, 0.3) is 10.0 Å². The van der Waals surface area contributed by atoms with E-state index >= 15 is 0 Å². The first kappa shape index (κ1) is 18.0. The Morgan fingerprint density at radius 3 is 2.48 bits per heavy atom. The number of hydrogen-bond donors (Lipinski definition) is 1. The van der Waals surface area contributed by atoms with Gasteiger partial charge in [-0.1, -0.05) is 23.7 Å². The average molecular weight is 401 g/mol. The molecule has 0 atom stereocenters. The molecule has 1 heterocycles. The van der Waals surface area contributed by atoms with Crippen molar-refractivity contribution in [1.29, 1.82) is 0 Å². The molecule has 1 aliphatic rings. The standard InChI is InChI=1S/C16H17ClN2O4S2/c1-12-11-13(19-9-4-10-24(19,20)21)7-8-15(12)18-25(22,23)16-6-3-2-5-14(16)17/h2-3,5-8,11,18H,4,9-10H2,1H3. The Morgan fingerprint density at radius 1 is 1.16 bits per heavy atom. The zero-order valence-corrected chi connectivity index (χ0v) is 15.8. The molecule has 2 aromatic carbocycles. The van der Waals surface area contributed by atoms with E-state index in [9.17, 15) is 16.8 Å². The maximum atomic E-state index is 12.5. The van der Waals surface area contributed by atoms with Crippen LogP contribution in [0.3, 0.4) is 0 Å². The third kappa shape index (κ3) is 3.61. The highest BCUT2D eigenvalue weighted by Crippen LogP contribution is 2.30. The monoisotopic (exact) mass is 400 g/mol. The second kappa shape index (κ2) is 6.51. The molecular weight excluding hydrogens is 384 g/mol. The van der Waals surface area contributed by atoms with Gasteiger partial charge in [0, 0.05) is 6.54 Å². The van der Waals surface area contributed by atoms with Crippen LogP contribution in [0.25, 0.3) is 0 Å². The molecule has 9 heteroatoms. The minimum atomic E-state index is -3.84. The van der Waals surface area contributed by atoms with Gasteiger partial charge in [0.1, 0.15) is 4.90 Å². The first-order valence-corrected chi connectivity index (χ1v) is 11.1. The maximum absolute atomic E-state index is 12.5. The van der Waals surface area contributed by atoms with Crippen LogP contribution in [0.5, 0.6) is 0 Å². The van der Waals surface area contributed by atoms with Crippen molar-refractivity contribution in [2.24, 2.45) is 0 Å². The van der Waals surface area contributed by atoms with Gasteiger partial charge < -0.3 is 0 Å². The van der Waals surface area contributed by atoms with Crippen molar-refractivity contribution in [1.82, 2.24) is 0 Å². The molecule has 0 radical (unpaired) electrons. The highest BCUT2D eigenvalue weighted by molar-refractivity contribution is 7.93. The Morgan fingerprint density at radius 2 is 1.88 bits per heavy atom. The van der Waals surface area contributed by atoms with E-state index in [1.807, 2.05) is 0 Å². The molecule has 0 unspecified atom stereocenters. The van der Waals surface area contributed by atoms with Crippen molar-refractivity contribution >= 4 is 43.0 Å². The Balaban J connectivity index is 1.91. The van der Waals surface area contributed by atoms with Crippen molar-refractivity contribution in [2.75, 3.05) is 21.3 Å². The summed E-state index contributed by atoms with van der Waals surface area (Å²) in [5.41, 5.74) is 1.53. The van der Waals surface area contributed by atoms with Gasteiger partial charge >= 0.3 is 0 Å². The lowest BCUT2D eigenvalue weighted by atomic mass is 10.2. The molecule has 6 nitrogen and oxygen atoms in total. The molecule has 1 saturated heterocycles. The molecule has 0 aromatic heterocycles. The third-order valence-electron chi connectivity index (χ3n) is 3.97. The Labute approximate surface area is 152 Å². The smallest absolute Gasteiger partial charge is 0.263 e. The number of aryl methyl sites for hydroxylation is 1. The third-order valence-corrected chi connectivity index (χ3v) is 7.70. The summed E-state index contributed by atoms with van der Waals surface area (Å²) in [7, 11) is -7.11. The van der Waals surface area contributed by atoms with E-state index < -0.39 is 20.0 Å². The SMILES string of the molecule is Cc1cc(N2CCCS2(=O)=O)ccc1NS(=O)(=O)c1ccccc1Cl. The molecule has 1 N–H and O–H groups in total. The zero-order chi connectivity index (χ0) is 18.2. The van der Waals surface area contributed by atoms with Gasteiger partial charge in [-0.2, -0.15) is 0 Å². The van der Waals surface area contributed by atoms with Crippen molar-refractivity contribution < 1.29 is 16.8 Å². The highest BCUT2D eigenvalue weighted by Gasteiger charge is 2.28. The topological polar surface area (TPSA) is 83.6 Å². The van der Waals surface area contributed by atoms with E-state index in [0.717, 1.165) is 0 Å². The number of rotatable bonds is 4. The quantitative estimate of drug-likeness (QED) is 0.855. The minimum absolute atomic E-state index is 0.0118. The fraction of sp³-hybridized carbons (Fsp3) is 0.250. The summed E-state index contributed by atoms with van der Waals surface area (Å²) in [4.78, 5) is -0.0118. The molecule has 3 rings (SSSR count). The van der Waals surface area contributed by atoms with Crippen LogP contribution in [0.2, 0.25) is 5.02 Å². The van der Waals surface area contributed by atoms with Crippen LogP contribution in [0.15, 0.2) is 47.4 Å². The van der Waals surface area contributed by atoms with Crippen molar-refractivity contribution in [2.45, 2.75) is 18.2 Å². The number of nitrogens with one attached hydrogen (secondary N) is 1. The predicted molar refractivity (Wildman–Crippen MR) is 99.2 cm³/mol. The van der Waals surface area contributed by atoms with E-state index in [-0.39, 0.29) is 15.7 Å². The van der Waals surface area contributed by atoms with Gasteiger partial charge in [-0.15, -0.1) is 0 Å². The van der Waals surface area contributed by atoms with Crippen molar-refractivity contribution in [3.8, 4) is 0 Å². The normalized spacial score (nSPS) is 16.8. The summed E-state index contributed by atoms with van der Waals surface area (Å²) < 4.78 is 52.9. The van der Waals surface area contributed by atoms with Crippen LogP contribution in [-0.4, -0.2) is 29.1 Å². The van der Waals surface area contributed by atoms with E-state index in [4.69, 9.17) is 11.6 Å². The van der Waals surface area contributed by atoms with Gasteiger partial charge in [0.2, 0.25) is 10.0 Å². The maximum Gasteiger partial charge on any atom is 0.263 e. The number of anilines is 2. The summed E-state index contributed by atoms with van der Waals surface area (Å²) in [6, 6.07) is 11.0. The molecule has 0 bridgehead atoms. The highest BCUT2D eigenvalue weighted by atomic mass is 35.5. The molecular formula is C16H17ClN2O4S2. The molecule has 0 aliphatic carbocycles. The lowest BCUT2D eigenvalue weighted by Gasteiger charge is -2.19. The van der Waals surface area contributed by atoms with E-state index in [0.29, 0.717) is 29.9 Å². The first-order valence-electron chi connectivity index (χ1n) is 7.59. The summed E-state index contributed by atoms with van der Waals surface area (Å²) in [5.74, 6) is 0.132. The van der Waals surface area contributed by atoms with E-state index in [2.05, 4.69) is 4.72 Å². The van der Waals surface area contributed by atoms with Gasteiger partial charge in [-0.3, -0.25) is 9.03 Å². The molecule has 1 fully saturated rings. The summed E-state index contributed by atoms with van der Waals surface area (Å²) in [6.07, 6.45) is 0.586. The zero-order valence-electron chi connectivity index (χ0n) is 13.4. The van der Waals surface area contributed by atoms with Crippen molar-refractivity contribution in [3.05, 3.63) is 53.1 Å². The van der Waals surface area contributed by atoms with Crippen LogP contribution in [0, 0.1) is 6.92 Å². The summed E-state index contributed by atoms with van der Waals surface area (Å²) in [6.45, 7) is 2.16. The number of nitrogens with zero attached hydrogens (tertiary/aromatic N) is 1. The van der Waals surface area contributed by atoms with Gasteiger partial charge in [-0.25, -0.2) is 16.8 Å². The molecule has 0 amide bonds. The first-order chi connectivity index (χ1) is 11.7. The van der Waals surface area contributed by atoms with E-state index in [1.54, 1.807) is 37.3 Å². The number of benzene rings is 2. The van der Waals surface area contributed by atoms with Crippen LogP contribution in [-0.2, 0) is 20.0 Å². The molecule has 134 valence electrons. The lowest BCUT2D eigenvalue weighted by molar-refractivity contribution is 0.598. The van der Waals surface area contributed by atoms with Crippen LogP contribution < -0.4 is 9.03 Å². The number of sulfonamides is 2. The Hall–Kier alpha value is -1.77. The molecule has 0 spiro atoms. The van der Waals surface area contributed by atoms with Crippen LogP contribution >= 0.6 is 11.6 Å². The van der Waals surface area contributed by atoms with Gasteiger partial charge in [-0.05, 0) is 49.2 Å². The largest absolute Gasteiger partial charge is 0.279 e. The minimum Gasteiger partial charge on any atom is -0.279 e. The number of hydrogen-bond acceptors (Lipinski definition) is 4. The summed E-state index contributed by atoms with van der Waals surface area (Å²) in [5, 5.41) is 0.132. The summed E-state index contributed by atoms with van der Waals surface area (Å²) >= 11 is 5.96. The van der Waals surface area contributed by atoms with E-state index in [1.165, 1.54) is 16.4 Å². The van der Waals surface area contributed by atoms with Crippen LogP contribution in [0.1, 0.15) is 12.0 Å². The van der Waals surface area contributed by atoms with Gasteiger partial charge in [0.05, 0.1) is 22.2 Å². The molecule has 0 saturated carbocycles. The fourth-order valence-corrected chi connectivity index (χ4v) is 5.92. The molecule has 2 aromatic rings. The Bertz CT molecular complexity index is 1020. The fourth-order valence-electron chi connectivity index (χ4n) is 2.71. The Kier molecular flexibility index (Phi) is 4.70. The lowest BCUT2D eigenvalue weighted by Crippen LogP contribution is -2.25. The molecule has 25 heavy (non-hydrogen) atoms. The number of halogens is 1.